The summed E-state index contributed by atoms with van der Waals surface area (Å²) >= 11 is 0. The molecule has 0 saturated carbocycles. The number of rotatable bonds is 2. The topological polar surface area (TPSA) is 61.9 Å². The van der Waals surface area contributed by atoms with E-state index < -0.39 is 0 Å². The van der Waals surface area contributed by atoms with Crippen LogP contribution in [0, 0.1) is 0 Å². The number of nitrogens with zero attached hydrogens (tertiary/aromatic N) is 2. The van der Waals surface area contributed by atoms with E-state index in [1.807, 2.05) is 4.90 Å². The zero-order valence-electron chi connectivity index (χ0n) is 11.9. The number of urea groups is 1. The minimum Gasteiger partial charge on any atom is -0.456 e. The molecule has 3 heterocycles. The van der Waals surface area contributed by atoms with E-state index >= 15 is 0 Å². The SMILES string of the molecule is CC1=C(N2CCCN(C3CCNCC3)C2=O)COC1=O. The van der Waals surface area contributed by atoms with Crippen LogP contribution in [0.2, 0.25) is 0 Å². The Morgan fingerprint density at radius 3 is 2.60 bits per heavy atom. The highest BCUT2D eigenvalue weighted by atomic mass is 16.5. The second-order valence-electron chi connectivity index (χ2n) is 5.61. The van der Waals surface area contributed by atoms with Crippen molar-refractivity contribution < 1.29 is 14.3 Å². The van der Waals surface area contributed by atoms with Crippen LogP contribution in [-0.4, -0.2) is 60.6 Å². The van der Waals surface area contributed by atoms with Crippen molar-refractivity contribution >= 4 is 12.0 Å². The van der Waals surface area contributed by atoms with E-state index in [4.69, 9.17) is 4.74 Å². The van der Waals surface area contributed by atoms with Crippen molar-refractivity contribution in [2.45, 2.75) is 32.2 Å². The number of carbonyl (C=O) groups excluding carboxylic acids is 2. The maximum Gasteiger partial charge on any atom is 0.336 e. The van der Waals surface area contributed by atoms with E-state index in [1.165, 1.54) is 0 Å². The van der Waals surface area contributed by atoms with Gasteiger partial charge in [0, 0.05) is 19.1 Å². The van der Waals surface area contributed by atoms with Gasteiger partial charge in [0.1, 0.15) is 6.61 Å². The maximum absolute atomic E-state index is 12.7. The number of ether oxygens (including phenoxy) is 1. The Balaban J connectivity index is 1.76. The number of amides is 2. The number of hydrogen-bond acceptors (Lipinski definition) is 4. The van der Waals surface area contributed by atoms with E-state index in [2.05, 4.69) is 5.32 Å². The molecule has 0 aromatic rings. The highest BCUT2D eigenvalue weighted by Gasteiger charge is 2.36. The van der Waals surface area contributed by atoms with Crippen molar-refractivity contribution in [3.63, 3.8) is 0 Å². The van der Waals surface area contributed by atoms with Gasteiger partial charge >= 0.3 is 12.0 Å². The van der Waals surface area contributed by atoms with E-state index in [0.717, 1.165) is 44.6 Å². The molecule has 0 aliphatic carbocycles. The molecule has 2 fully saturated rings. The van der Waals surface area contributed by atoms with Gasteiger partial charge in [0.05, 0.1) is 11.3 Å². The monoisotopic (exact) mass is 279 g/mol. The van der Waals surface area contributed by atoms with E-state index in [1.54, 1.807) is 11.8 Å². The van der Waals surface area contributed by atoms with Gasteiger partial charge in [-0.1, -0.05) is 0 Å². The fraction of sp³-hybridized carbons (Fsp3) is 0.714. The molecule has 0 spiro atoms. The maximum atomic E-state index is 12.7. The summed E-state index contributed by atoms with van der Waals surface area (Å²) in [6.45, 7) is 5.41. The summed E-state index contributed by atoms with van der Waals surface area (Å²) in [6, 6.07) is 0.362. The van der Waals surface area contributed by atoms with Crippen LogP contribution in [0.15, 0.2) is 11.3 Å². The van der Waals surface area contributed by atoms with Crippen LogP contribution in [0.25, 0.3) is 0 Å². The van der Waals surface area contributed by atoms with E-state index in [-0.39, 0.29) is 18.6 Å². The van der Waals surface area contributed by atoms with Gasteiger partial charge in [0.25, 0.3) is 0 Å². The molecule has 1 N–H and O–H groups in total. The lowest BCUT2D eigenvalue weighted by Crippen LogP contribution is -2.55. The van der Waals surface area contributed by atoms with Crippen LogP contribution in [-0.2, 0) is 9.53 Å². The fourth-order valence-electron chi connectivity index (χ4n) is 3.20. The van der Waals surface area contributed by atoms with Gasteiger partial charge in [-0.3, -0.25) is 4.90 Å². The molecule has 2 amide bonds. The Labute approximate surface area is 118 Å². The molecular weight excluding hydrogens is 258 g/mol. The Morgan fingerprint density at radius 2 is 1.95 bits per heavy atom. The quantitative estimate of drug-likeness (QED) is 0.756. The first kappa shape index (κ1) is 13.4. The molecule has 0 radical (unpaired) electrons. The number of piperidine rings is 1. The van der Waals surface area contributed by atoms with Gasteiger partial charge in [-0.15, -0.1) is 0 Å². The predicted octanol–water partition coefficient (Wildman–Crippen LogP) is 0.697. The van der Waals surface area contributed by atoms with Gasteiger partial charge in [-0.2, -0.15) is 0 Å². The van der Waals surface area contributed by atoms with Gasteiger partial charge in [0.15, 0.2) is 0 Å². The van der Waals surface area contributed by atoms with Crippen molar-refractivity contribution in [1.82, 2.24) is 15.1 Å². The third kappa shape index (κ3) is 2.28. The van der Waals surface area contributed by atoms with Crippen molar-refractivity contribution in [2.24, 2.45) is 0 Å². The second-order valence-corrected chi connectivity index (χ2v) is 5.61. The second kappa shape index (κ2) is 5.44. The summed E-state index contributed by atoms with van der Waals surface area (Å²) in [5, 5.41) is 3.32. The summed E-state index contributed by atoms with van der Waals surface area (Å²) < 4.78 is 5.02. The molecule has 0 atom stereocenters. The lowest BCUT2D eigenvalue weighted by atomic mass is 10.0. The molecule has 6 heteroatoms. The summed E-state index contributed by atoms with van der Waals surface area (Å²) in [6.07, 6.45) is 2.96. The Hall–Kier alpha value is -1.56. The average molecular weight is 279 g/mol. The van der Waals surface area contributed by atoms with Gasteiger partial charge in [-0.25, -0.2) is 9.59 Å². The highest BCUT2D eigenvalue weighted by molar-refractivity contribution is 5.92. The van der Waals surface area contributed by atoms with Crippen molar-refractivity contribution in [3.05, 3.63) is 11.3 Å². The molecular formula is C14H21N3O3. The molecule has 110 valence electrons. The average Bonchev–Trinajstić information content (AvgIpc) is 2.80. The Morgan fingerprint density at radius 1 is 1.20 bits per heavy atom. The fourth-order valence-corrected chi connectivity index (χ4v) is 3.20. The van der Waals surface area contributed by atoms with Crippen molar-refractivity contribution in [1.29, 1.82) is 0 Å². The molecule has 2 saturated heterocycles. The van der Waals surface area contributed by atoms with Crippen LogP contribution >= 0.6 is 0 Å². The number of esters is 1. The Bertz CT molecular complexity index is 455. The van der Waals surface area contributed by atoms with Gasteiger partial charge in [-0.05, 0) is 39.3 Å². The van der Waals surface area contributed by atoms with E-state index in [9.17, 15) is 9.59 Å². The number of nitrogens with one attached hydrogen (secondary N) is 1. The molecule has 0 unspecified atom stereocenters. The Kier molecular flexibility index (Phi) is 3.65. The normalized spacial score (nSPS) is 25.4. The van der Waals surface area contributed by atoms with Gasteiger partial charge < -0.3 is 15.0 Å². The molecule has 6 nitrogen and oxygen atoms in total. The predicted molar refractivity (Wildman–Crippen MR) is 73.0 cm³/mol. The van der Waals surface area contributed by atoms with Crippen LogP contribution in [0.3, 0.4) is 0 Å². The molecule has 0 aromatic heterocycles. The summed E-state index contributed by atoms with van der Waals surface area (Å²) in [5.41, 5.74) is 1.32. The minimum absolute atomic E-state index is 0.0378. The summed E-state index contributed by atoms with van der Waals surface area (Å²) in [7, 11) is 0. The molecule has 3 aliphatic heterocycles. The zero-order chi connectivity index (χ0) is 14.1. The first-order valence-electron chi connectivity index (χ1n) is 7.34. The van der Waals surface area contributed by atoms with Crippen LogP contribution < -0.4 is 5.32 Å². The van der Waals surface area contributed by atoms with Gasteiger partial charge in [0.2, 0.25) is 0 Å². The standard InChI is InChI=1S/C14H21N3O3/c1-10-12(9-20-13(10)18)17-8-2-7-16(14(17)19)11-3-5-15-6-4-11/h11,15H,2-9H2,1H3. The smallest absolute Gasteiger partial charge is 0.336 e. The van der Waals surface area contributed by atoms with Crippen molar-refractivity contribution in [3.8, 4) is 0 Å². The molecule has 3 aliphatic rings. The first-order valence-corrected chi connectivity index (χ1v) is 7.34. The van der Waals surface area contributed by atoms with Crippen molar-refractivity contribution in [2.75, 3.05) is 32.8 Å². The first-order chi connectivity index (χ1) is 9.68. The van der Waals surface area contributed by atoms with E-state index in [0.29, 0.717) is 18.2 Å². The summed E-state index contributed by atoms with van der Waals surface area (Å²) in [5.74, 6) is -0.299. The van der Waals surface area contributed by atoms with Crippen LogP contribution in [0.5, 0.6) is 0 Å². The molecule has 0 bridgehead atoms. The lowest BCUT2D eigenvalue weighted by Gasteiger charge is -2.41. The third-order valence-corrected chi connectivity index (χ3v) is 4.41. The molecule has 3 rings (SSSR count). The zero-order valence-corrected chi connectivity index (χ0v) is 11.9. The third-order valence-electron chi connectivity index (χ3n) is 4.41. The molecule has 0 aromatic carbocycles. The number of carbonyl (C=O) groups is 2. The van der Waals surface area contributed by atoms with Crippen LogP contribution in [0.1, 0.15) is 26.2 Å². The molecule has 20 heavy (non-hydrogen) atoms. The number of hydrogen-bond donors (Lipinski definition) is 1. The minimum atomic E-state index is -0.299. The lowest BCUT2D eigenvalue weighted by molar-refractivity contribution is -0.136. The summed E-state index contributed by atoms with van der Waals surface area (Å²) in [4.78, 5) is 27.9. The highest BCUT2D eigenvalue weighted by Crippen LogP contribution is 2.26. The van der Waals surface area contributed by atoms with Crippen LogP contribution in [0.4, 0.5) is 4.79 Å². The largest absolute Gasteiger partial charge is 0.456 e. The number of cyclic esters (lactones) is 1.